The Bertz CT molecular complexity index is 578. The zero-order valence-corrected chi connectivity index (χ0v) is 13.4. The molecule has 2 aromatic rings. The normalized spacial score (nSPS) is 10.9. The van der Waals surface area contributed by atoms with Crippen LogP contribution < -0.4 is 9.80 Å². The molecular weight excluding hydrogens is 256 g/mol. The van der Waals surface area contributed by atoms with Gasteiger partial charge in [0.2, 0.25) is 0 Å². The summed E-state index contributed by atoms with van der Waals surface area (Å²) in [6.07, 6.45) is 5.36. The van der Waals surface area contributed by atoms with Crippen molar-refractivity contribution in [2.45, 2.75) is 6.42 Å². The minimum absolute atomic E-state index is 0.961. The number of nitrogens with zero attached hydrogens (tertiary/aromatic N) is 2. The van der Waals surface area contributed by atoms with E-state index in [9.17, 15) is 0 Å². The summed E-state index contributed by atoms with van der Waals surface area (Å²) in [7, 11) is 8.24. The summed E-state index contributed by atoms with van der Waals surface area (Å²) in [6.45, 7) is 0. The molecule has 0 saturated carbocycles. The molecular formula is C19H24N2. The summed E-state index contributed by atoms with van der Waals surface area (Å²) in [4.78, 5) is 4.23. The van der Waals surface area contributed by atoms with Gasteiger partial charge in [-0.1, -0.05) is 36.4 Å². The fourth-order valence-electron chi connectivity index (χ4n) is 2.14. The summed E-state index contributed by atoms with van der Waals surface area (Å²) in [5, 5.41) is 0. The van der Waals surface area contributed by atoms with Gasteiger partial charge in [0, 0.05) is 39.6 Å². The summed E-state index contributed by atoms with van der Waals surface area (Å²) < 4.78 is 0. The first kappa shape index (κ1) is 15.2. The van der Waals surface area contributed by atoms with Gasteiger partial charge in [-0.05, 0) is 41.8 Å². The SMILES string of the molecule is CN(C)c1ccc(/C=C/Cc2ccc(N(C)C)cc2)cc1. The van der Waals surface area contributed by atoms with Gasteiger partial charge >= 0.3 is 0 Å². The van der Waals surface area contributed by atoms with Crippen molar-refractivity contribution in [1.82, 2.24) is 0 Å². The maximum Gasteiger partial charge on any atom is 0.0361 e. The van der Waals surface area contributed by atoms with Gasteiger partial charge in [0.05, 0.1) is 0 Å². The van der Waals surface area contributed by atoms with Gasteiger partial charge in [-0.2, -0.15) is 0 Å². The highest BCUT2D eigenvalue weighted by Gasteiger charge is 1.96. The Morgan fingerprint density at radius 1 is 0.714 bits per heavy atom. The fraction of sp³-hybridized carbons (Fsp3) is 0.263. The summed E-state index contributed by atoms with van der Waals surface area (Å²) in [5.74, 6) is 0. The fourth-order valence-corrected chi connectivity index (χ4v) is 2.14. The van der Waals surface area contributed by atoms with E-state index < -0.39 is 0 Å². The van der Waals surface area contributed by atoms with Crippen molar-refractivity contribution in [1.29, 1.82) is 0 Å². The lowest BCUT2D eigenvalue weighted by molar-refractivity contribution is 1.13. The molecule has 0 amide bonds. The number of hydrogen-bond acceptors (Lipinski definition) is 2. The third-order valence-corrected chi connectivity index (χ3v) is 3.53. The first-order chi connectivity index (χ1) is 10.1. The number of benzene rings is 2. The van der Waals surface area contributed by atoms with Crippen molar-refractivity contribution in [3.63, 3.8) is 0 Å². The predicted octanol–water partition coefficient (Wildman–Crippen LogP) is 4.07. The van der Waals surface area contributed by atoms with E-state index in [1.165, 1.54) is 22.5 Å². The van der Waals surface area contributed by atoms with Crippen LogP contribution in [0, 0.1) is 0 Å². The Hall–Kier alpha value is -2.22. The van der Waals surface area contributed by atoms with Crippen molar-refractivity contribution < 1.29 is 0 Å². The minimum Gasteiger partial charge on any atom is -0.378 e. The first-order valence-electron chi connectivity index (χ1n) is 7.26. The van der Waals surface area contributed by atoms with Gasteiger partial charge in [0.15, 0.2) is 0 Å². The van der Waals surface area contributed by atoms with Crippen LogP contribution in [0.15, 0.2) is 54.6 Å². The third kappa shape index (κ3) is 4.38. The standard InChI is InChI=1S/C19H24N2/c1-20(2)18-12-8-16(9-13-18)6-5-7-17-10-14-19(15-11-17)21(3)4/h5-6,8-15H,7H2,1-4H3/b6-5+. The third-order valence-electron chi connectivity index (χ3n) is 3.53. The van der Waals surface area contributed by atoms with E-state index in [2.05, 4.69) is 98.7 Å². The Morgan fingerprint density at radius 2 is 1.19 bits per heavy atom. The summed E-state index contributed by atoms with van der Waals surface area (Å²) in [6, 6.07) is 17.3. The maximum atomic E-state index is 2.22. The molecule has 0 bridgehead atoms. The van der Waals surface area contributed by atoms with Crippen molar-refractivity contribution in [3.8, 4) is 0 Å². The van der Waals surface area contributed by atoms with Gasteiger partial charge < -0.3 is 9.80 Å². The van der Waals surface area contributed by atoms with Crippen LogP contribution in [-0.2, 0) is 6.42 Å². The number of allylic oxidation sites excluding steroid dienone is 1. The van der Waals surface area contributed by atoms with E-state index in [1.54, 1.807) is 0 Å². The van der Waals surface area contributed by atoms with Crippen LogP contribution in [0.2, 0.25) is 0 Å². The number of rotatable bonds is 5. The topological polar surface area (TPSA) is 6.48 Å². The zero-order chi connectivity index (χ0) is 15.2. The molecule has 0 saturated heterocycles. The largest absolute Gasteiger partial charge is 0.378 e. The van der Waals surface area contributed by atoms with Crippen LogP contribution in [0.4, 0.5) is 11.4 Å². The second-order valence-corrected chi connectivity index (χ2v) is 5.65. The van der Waals surface area contributed by atoms with E-state index in [1.807, 2.05) is 0 Å². The van der Waals surface area contributed by atoms with Crippen LogP contribution in [0.1, 0.15) is 11.1 Å². The minimum atomic E-state index is 0.961. The molecule has 2 aromatic carbocycles. The molecule has 0 aromatic heterocycles. The van der Waals surface area contributed by atoms with Gasteiger partial charge in [-0.15, -0.1) is 0 Å². The Kier molecular flexibility index (Phi) is 5.04. The van der Waals surface area contributed by atoms with Crippen LogP contribution in [0.5, 0.6) is 0 Å². The van der Waals surface area contributed by atoms with Gasteiger partial charge in [-0.25, -0.2) is 0 Å². The highest BCUT2D eigenvalue weighted by Crippen LogP contribution is 2.15. The van der Waals surface area contributed by atoms with E-state index in [0.29, 0.717) is 0 Å². The van der Waals surface area contributed by atoms with Crippen molar-refractivity contribution >= 4 is 17.5 Å². The van der Waals surface area contributed by atoms with Gasteiger partial charge in [0.25, 0.3) is 0 Å². The Labute approximate surface area is 128 Å². The molecule has 2 nitrogen and oxygen atoms in total. The molecule has 0 aliphatic rings. The second-order valence-electron chi connectivity index (χ2n) is 5.65. The van der Waals surface area contributed by atoms with Gasteiger partial charge in [0.1, 0.15) is 0 Å². The van der Waals surface area contributed by atoms with E-state index in [0.717, 1.165) is 6.42 Å². The van der Waals surface area contributed by atoms with Crippen LogP contribution in [0.25, 0.3) is 6.08 Å². The van der Waals surface area contributed by atoms with Gasteiger partial charge in [-0.3, -0.25) is 0 Å². The number of anilines is 2. The molecule has 0 aliphatic heterocycles. The first-order valence-corrected chi connectivity index (χ1v) is 7.26. The average Bonchev–Trinajstić information content (AvgIpc) is 2.48. The van der Waals surface area contributed by atoms with Crippen molar-refractivity contribution in [3.05, 3.63) is 65.7 Å². The predicted molar refractivity (Wildman–Crippen MR) is 94.3 cm³/mol. The smallest absolute Gasteiger partial charge is 0.0361 e. The average molecular weight is 280 g/mol. The van der Waals surface area contributed by atoms with Crippen molar-refractivity contribution in [2.24, 2.45) is 0 Å². The van der Waals surface area contributed by atoms with E-state index in [-0.39, 0.29) is 0 Å². The van der Waals surface area contributed by atoms with E-state index >= 15 is 0 Å². The molecule has 2 rings (SSSR count). The Morgan fingerprint density at radius 3 is 1.67 bits per heavy atom. The lowest BCUT2D eigenvalue weighted by atomic mass is 10.1. The quantitative estimate of drug-likeness (QED) is 0.814. The molecule has 0 spiro atoms. The molecule has 21 heavy (non-hydrogen) atoms. The molecule has 0 N–H and O–H groups in total. The maximum absolute atomic E-state index is 2.22. The molecule has 110 valence electrons. The lowest BCUT2D eigenvalue weighted by Gasteiger charge is -2.12. The molecule has 0 fully saturated rings. The molecule has 0 atom stereocenters. The monoisotopic (exact) mass is 280 g/mol. The van der Waals surface area contributed by atoms with Crippen LogP contribution in [0.3, 0.4) is 0 Å². The van der Waals surface area contributed by atoms with Crippen LogP contribution in [-0.4, -0.2) is 28.2 Å². The van der Waals surface area contributed by atoms with Crippen LogP contribution >= 0.6 is 0 Å². The highest BCUT2D eigenvalue weighted by atomic mass is 15.1. The molecule has 0 heterocycles. The highest BCUT2D eigenvalue weighted by molar-refractivity contribution is 5.56. The molecule has 2 heteroatoms. The Balaban J connectivity index is 1.95. The summed E-state index contributed by atoms with van der Waals surface area (Å²) in [5.41, 5.74) is 5.04. The van der Waals surface area contributed by atoms with Crippen molar-refractivity contribution in [2.75, 3.05) is 38.0 Å². The molecule has 0 unspecified atom stereocenters. The lowest BCUT2D eigenvalue weighted by Crippen LogP contribution is -2.08. The molecule has 0 radical (unpaired) electrons. The van der Waals surface area contributed by atoms with E-state index in [4.69, 9.17) is 0 Å². The number of hydrogen-bond donors (Lipinski definition) is 0. The zero-order valence-electron chi connectivity index (χ0n) is 13.4. The molecule has 0 aliphatic carbocycles. The second kappa shape index (κ2) is 6.98. The summed E-state index contributed by atoms with van der Waals surface area (Å²) >= 11 is 0.